The molecular formula is C21H25Cl2N3O2. The van der Waals surface area contributed by atoms with E-state index in [0.29, 0.717) is 23.7 Å². The van der Waals surface area contributed by atoms with Crippen LogP contribution in [0.3, 0.4) is 0 Å². The highest BCUT2D eigenvalue weighted by Gasteiger charge is 2.27. The average Bonchev–Trinajstić information content (AvgIpc) is 2.96. The molecule has 0 radical (unpaired) electrons. The monoisotopic (exact) mass is 421 g/mol. The van der Waals surface area contributed by atoms with Gasteiger partial charge in [-0.15, -0.1) is 12.4 Å². The second kappa shape index (κ2) is 9.41. The van der Waals surface area contributed by atoms with E-state index in [1.54, 1.807) is 11.0 Å². The lowest BCUT2D eigenvalue weighted by atomic mass is 9.99. The van der Waals surface area contributed by atoms with Crippen LogP contribution in [0.1, 0.15) is 31.4 Å². The number of carbonyl (C=O) groups is 2. The number of benzene rings is 2. The third kappa shape index (κ3) is 4.85. The maximum absolute atomic E-state index is 12.3. The highest BCUT2D eigenvalue weighted by molar-refractivity contribution is 6.31. The zero-order valence-corrected chi connectivity index (χ0v) is 17.5. The minimum atomic E-state index is -0.529. The lowest BCUT2D eigenvalue weighted by molar-refractivity contribution is -0.118. The molecule has 0 saturated carbocycles. The Kier molecular flexibility index (Phi) is 7.47. The molecule has 0 bridgehead atoms. The SMILES string of the molecule is CCC(C)C(N)C(=O)Nc1ccc(CN2C(=O)Cc3ccc(Cl)cc32)cc1.Cl. The highest BCUT2D eigenvalue weighted by Crippen LogP contribution is 2.32. The fourth-order valence-corrected chi connectivity index (χ4v) is 3.28. The topological polar surface area (TPSA) is 75.4 Å². The van der Waals surface area contributed by atoms with Gasteiger partial charge in [0.05, 0.1) is 19.0 Å². The van der Waals surface area contributed by atoms with E-state index in [9.17, 15) is 9.59 Å². The molecule has 0 aromatic heterocycles. The smallest absolute Gasteiger partial charge is 0.241 e. The van der Waals surface area contributed by atoms with Gasteiger partial charge in [-0.2, -0.15) is 0 Å². The number of nitrogens with one attached hydrogen (secondary N) is 1. The van der Waals surface area contributed by atoms with Crippen LogP contribution in [0.5, 0.6) is 0 Å². The largest absolute Gasteiger partial charge is 0.325 e. The first-order chi connectivity index (χ1) is 12.9. The summed E-state index contributed by atoms with van der Waals surface area (Å²) >= 11 is 6.08. The second-order valence-electron chi connectivity index (χ2n) is 7.03. The predicted octanol–water partition coefficient (Wildman–Crippen LogP) is 4.16. The number of rotatable bonds is 6. The van der Waals surface area contributed by atoms with Gasteiger partial charge in [-0.1, -0.05) is 50.1 Å². The summed E-state index contributed by atoms with van der Waals surface area (Å²) in [6.07, 6.45) is 1.25. The van der Waals surface area contributed by atoms with Gasteiger partial charge < -0.3 is 16.0 Å². The van der Waals surface area contributed by atoms with Crippen LogP contribution in [0.2, 0.25) is 5.02 Å². The Hall–Kier alpha value is -2.08. The van der Waals surface area contributed by atoms with E-state index in [1.807, 2.05) is 50.2 Å². The van der Waals surface area contributed by atoms with Gasteiger partial charge in [0.15, 0.2) is 0 Å². The van der Waals surface area contributed by atoms with Crippen molar-refractivity contribution in [2.75, 3.05) is 10.2 Å². The third-order valence-electron chi connectivity index (χ3n) is 5.10. The van der Waals surface area contributed by atoms with E-state index >= 15 is 0 Å². The van der Waals surface area contributed by atoms with Gasteiger partial charge in [0.1, 0.15) is 0 Å². The van der Waals surface area contributed by atoms with Gasteiger partial charge in [0.2, 0.25) is 11.8 Å². The van der Waals surface area contributed by atoms with Gasteiger partial charge in [0, 0.05) is 16.4 Å². The van der Waals surface area contributed by atoms with Crippen molar-refractivity contribution in [1.82, 2.24) is 0 Å². The standard InChI is InChI=1S/C21H24ClN3O2.ClH/c1-3-13(2)20(23)21(27)24-17-8-4-14(5-9-17)12-25-18-11-16(22)7-6-15(18)10-19(25)26;/h4-9,11,13,20H,3,10,12,23H2,1-2H3,(H,24,27);1H. The molecule has 3 N–H and O–H groups in total. The summed E-state index contributed by atoms with van der Waals surface area (Å²) in [5.41, 5.74) is 9.49. The molecule has 0 aliphatic carbocycles. The van der Waals surface area contributed by atoms with E-state index in [-0.39, 0.29) is 30.1 Å². The Balaban J connectivity index is 0.00000280. The maximum Gasteiger partial charge on any atom is 0.241 e. The van der Waals surface area contributed by atoms with E-state index in [0.717, 1.165) is 23.2 Å². The normalized spacial score (nSPS) is 14.9. The molecule has 0 spiro atoms. The van der Waals surface area contributed by atoms with Crippen LogP contribution in [0.15, 0.2) is 42.5 Å². The van der Waals surface area contributed by atoms with Gasteiger partial charge in [-0.05, 0) is 41.3 Å². The van der Waals surface area contributed by atoms with E-state index in [2.05, 4.69) is 5.32 Å². The van der Waals surface area contributed by atoms with Gasteiger partial charge in [-0.3, -0.25) is 9.59 Å². The number of hydrogen-bond donors (Lipinski definition) is 2. The van der Waals surface area contributed by atoms with Crippen molar-refractivity contribution in [1.29, 1.82) is 0 Å². The summed E-state index contributed by atoms with van der Waals surface area (Å²) in [5.74, 6) is -0.00286. The minimum absolute atomic E-state index is 0. The van der Waals surface area contributed by atoms with Crippen molar-refractivity contribution in [3.05, 3.63) is 58.6 Å². The van der Waals surface area contributed by atoms with Crippen LogP contribution >= 0.6 is 24.0 Å². The molecule has 1 aliphatic rings. The molecule has 1 aliphatic heterocycles. The molecule has 150 valence electrons. The van der Waals surface area contributed by atoms with Crippen LogP contribution in [0, 0.1) is 5.92 Å². The third-order valence-corrected chi connectivity index (χ3v) is 5.34. The lowest BCUT2D eigenvalue weighted by Gasteiger charge is -2.19. The van der Waals surface area contributed by atoms with Crippen molar-refractivity contribution < 1.29 is 9.59 Å². The number of halogens is 2. The van der Waals surface area contributed by atoms with Crippen LogP contribution in [0.4, 0.5) is 11.4 Å². The molecule has 5 nitrogen and oxygen atoms in total. The summed E-state index contributed by atoms with van der Waals surface area (Å²) in [7, 11) is 0. The fraction of sp³-hybridized carbons (Fsp3) is 0.333. The molecule has 2 unspecified atom stereocenters. The Labute approximate surface area is 176 Å². The maximum atomic E-state index is 12.3. The summed E-state index contributed by atoms with van der Waals surface area (Å²) in [4.78, 5) is 26.3. The fourth-order valence-electron chi connectivity index (χ4n) is 3.12. The van der Waals surface area contributed by atoms with Crippen molar-refractivity contribution >= 4 is 47.2 Å². The highest BCUT2D eigenvalue weighted by atomic mass is 35.5. The first-order valence-electron chi connectivity index (χ1n) is 9.13. The summed E-state index contributed by atoms with van der Waals surface area (Å²) < 4.78 is 0. The first-order valence-corrected chi connectivity index (χ1v) is 9.51. The summed E-state index contributed by atoms with van der Waals surface area (Å²) in [6, 6.07) is 12.5. The van der Waals surface area contributed by atoms with Crippen LogP contribution in [-0.2, 0) is 22.6 Å². The Morgan fingerprint density at radius 1 is 1.25 bits per heavy atom. The summed E-state index contributed by atoms with van der Waals surface area (Å²) in [6.45, 7) is 4.44. The Morgan fingerprint density at radius 2 is 1.93 bits per heavy atom. The number of anilines is 2. The molecule has 2 aromatic rings. The number of hydrogen-bond acceptors (Lipinski definition) is 3. The number of nitrogens with zero attached hydrogens (tertiary/aromatic N) is 1. The van der Waals surface area contributed by atoms with Gasteiger partial charge >= 0.3 is 0 Å². The molecule has 3 rings (SSSR count). The molecular weight excluding hydrogens is 397 g/mol. The summed E-state index contributed by atoms with van der Waals surface area (Å²) in [5, 5.41) is 3.46. The quantitative estimate of drug-likeness (QED) is 0.734. The molecule has 0 fully saturated rings. The molecule has 1 heterocycles. The predicted molar refractivity (Wildman–Crippen MR) is 116 cm³/mol. The zero-order valence-electron chi connectivity index (χ0n) is 15.9. The molecule has 0 saturated heterocycles. The van der Waals surface area contributed by atoms with E-state index in [4.69, 9.17) is 17.3 Å². The van der Waals surface area contributed by atoms with E-state index < -0.39 is 6.04 Å². The van der Waals surface area contributed by atoms with Crippen molar-refractivity contribution in [2.45, 2.75) is 39.3 Å². The van der Waals surface area contributed by atoms with Gasteiger partial charge in [-0.25, -0.2) is 0 Å². The lowest BCUT2D eigenvalue weighted by Crippen LogP contribution is -2.40. The number of amides is 2. The number of fused-ring (bicyclic) bond motifs is 1. The molecule has 7 heteroatoms. The van der Waals surface area contributed by atoms with Crippen LogP contribution < -0.4 is 16.0 Å². The molecule has 2 amide bonds. The van der Waals surface area contributed by atoms with Gasteiger partial charge in [0.25, 0.3) is 0 Å². The van der Waals surface area contributed by atoms with Crippen molar-refractivity contribution in [2.24, 2.45) is 11.7 Å². The Morgan fingerprint density at radius 3 is 2.57 bits per heavy atom. The number of carbonyl (C=O) groups excluding carboxylic acids is 2. The van der Waals surface area contributed by atoms with Crippen molar-refractivity contribution in [3.8, 4) is 0 Å². The number of nitrogens with two attached hydrogens (primary N) is 1. The first kappa shape index (κ1) is 22.2. The van der Waals surface area contributed by atoms with Crippen LogP contribution in [0.25, 0.3) is 0 Å². The second-order valence-corrected chi connectivity index (χ2v) is 7.46. The Bertz CT molecular complexity index is 855. The molecule has 28 heavy (non-hydrogen) atoms. The average molecular weight is 422 g/mol. The van der Waals surface area contributed by atoms with Crippen molar-refractivity contribution in [3.63, 3.8) is 0 Å². The van der Waals surface area contributed by atoms with E-state index in [1.165, 1.54) is 0 Å². The molecule has 2 aromatic carbocycles. The minimum Gasteiger partial charge on any atom is -0.325 e. The molecule has 2 atom stereocenters. The van der Waals surface area contributed by atoms with Crippen LogP contribution in [-0.4, -0.2) is 17.9 Å². The zero-order chi connectivity index (χ0) is 19.6.